The van der Waals surface area contributed by atoms with Gasteiger partial charge in [0.25, 0.3) is 0 Å². The zero-order valence-electron chi connectivity index (χ0n) is 12.3. The molecule has 0 saturated carbocycles. The van der Waals surface area contributed by atoms with Gasteiger partial charge in [0, 0.05) is 19.1 Å². The molecule has 3 atom stereocenters. The summed E-state index contributed by atoms with van der Waals surface area (Å²) in [5.74, 6) is 3.07. The second-order valence-electron chi connectivity index (χ2n) is 6.35. The van der Waals surface area contributed by atoms with Crippen LogP contribution in [0.4, 0.5) is 0 Å². The highest BCUT2D eigenvalue weighted by molar-refractivity contribution is 6.32. The third-order valence-electron chi connectivity index (χ3n) is 5.10. The molecule has 4 nitrogen and oxygen atoms in total. The van der Waals surface area contributed by atoms with E-state index in [0.717, 1.165) is 37.2 Å². The fourth-order valence-electron chi connectivity index (χ4n) is 3.95. The van der Waals surface area contributed by atoms with Crippen LogP contribution in [0.2, 0.25) is 5.02 Å². The van der Waals surface area contributed by atoms with Crippen LogP contribution in [-0.2, 0) is 6.54 Å². The molecule has 0 spiro atoms. The molecular formula is C16H21ClN2O2. The van der Waals surface area contributed by atoms with Crippen LogP contribution >= 0.6 is 11.6 Å². The van der Waals surface area contributed by atoms with E-state index in [-0.39, 0.29) is 0 Å². The molecule has 0 aromatic heterocycles. The van der Waals surface area contributed by atoms with E-state index in [9.17, 15) is 0 Å². The summed E-state index contributed by atoms with van der Waals surface area (Å²) in [6.07, 6.45) is 0. The first-order valence-corrected chi connectivity index (χ1v) is 8.13. The Bertz CT molecular complexity index is 551. The van der Waals surface area contributed by atoms with Gasteiger partial charge in [-0.1, -0.05) is 11.6 Å². The monoisotopic (exact) mass is 308 g/mol. The normalized spacial score (nSPS) is 31.4. The number of benzene rings is 1. The third kappa shape index (κ3) is 2.39. The van der Waals surface area contributed by atoms with Crippen LogP contribution in [0.1, 0.15) is 12.5 Å². The number of hydrogen-bond donors (Lipinski definition) is 1. The first-order valence-electron chi connectivity index (χ1n) is 7.75. The molecule has 3 heterocycles. The van der Waals surface area contributed by atoms with E-state index in [4.69, 9.17) is 21.1 Å². The molecule has 2 fully saturated rings. The van der Waals surface area contributed by atoms with Gasteiger partial charge < -0.3 is 14.8 Å². The van der Waals surface area contributed by atoms with Crippen molar-refractivity contribution >= 4 is 11.6 Å². The average molecular weight is 309 g/mol. The predicted molar refractivity (Wildman–Crippen MR) is 82.2 cm³/mol. The molecule has 21 heavy (non-hydrogen) atoms. The highest BCUT2D eigenvalue weighted by Crippen LogP contribution is 2.40. The molecule has 5 heteroatoms. The van der Waals surface area contributed by atoms with E-state index in [1.165, 1.54) is 12.1 Å². The Morgan fingerprint density at radius 2 is 2.14 bits per heavy atom. The Morgan fingerprint density at radius 1 is 1.29 bits per heavy atom. The lowest BCUT2D eigenvalue weighted by Gasteiger charge is -2.26. The number of halogens is 1. The molecule has 0 bridgehead atoms. The molecule has 2 saturated heterocycles. The van der Waals surface area contributed by atoms with Crippen molar-refractivity contribution in [3.63, 3.8) is 0 Å². The lowest BCUT2D eigenvalue weighted by molar-refractivity contribution is 0.171. The van der Waals surface area contributed by atoms with E-state index in [1.54, 1.807) is 0 Å². The fourth-order valence-corrected chi connectivity index (χ4v) is 4.24. The number of nitrogens with zero attached hydrogens (tertiary/aromatic N) is 1. The van der Waals surface area contributed by atoms with Crippen LogP contribution in [0.25, 0.3) is 0 Å². The van der Waals surface area contributed by atoms with Crippen molar-refractivity contribution in [2.75, 3.05) is 32.8 Å². The molecule has 1 N–H and O–H groups in total. The van der Waals surface area contributed by atoms with Gasteiger partial charge in [-0.2, -0.15) is 0 Å². The Balaban J connectivity index is 1.54. The van der Waals surface area contributed by atoms with E-state index in [1.807, 2.05) is 6.07 Å². The first kappa shape index (κ1) is 13.7. The first-order chi connectivity index (χ1) is 10.2. The maximum atomic E-state index is 6.33. The molecule has 4 rings (SSSR count). The maximum absolute atomic E-state index is 6.33. The minimum absolute atomic E-state index is 0.575. The van der Waals surface area contributed by atoms with E-state index < -0.39 is 0 Å². The summed E-state index contributed by atoms with van der Waals surface area (Å²) in [5, 5.41) is 4.17. The smallest absolute Gasteiger partial charge is 0.179 e. The van der Waals surface area contributed by atoms with Gasteiger partial charge in [0.05, 0.1) is 5.02 Å². The molecule has 1 aromatic carbocycles. The molecule has 0 aliphatic carbocycles. The summed E-state index contributed by atoms with van der Waals surface area (Å²) < 4.78 is 11.3. The fraction of sp³-hybridized carbons (Fsp3) is 0.625. The van der Waals surface area contributed by atoms with Crippen LogP contribution in [0, 0.1) is 11.8 Å². The van der Waals surface area contributed by atoms with E-state index in [2.05, 4.69) is 23.2 Å². The molecule has 0 amide bonds. The average Bonchev–Trinajstić information content (AvgIpc) is 3.04. The number of rotatable bonds is 2. The molecule has 3 unspecified atom stereocenters. The SMILES string of the molecule is CC1C2CNCC2CN1Cc1cc(Cl)c2c(c1)OCCO2. The third-order valence-corrected chi connectivity index (χ3v) is 5.38. The number of ether oxygens (including phenoxy) is 2. The standard InChI is InChI=1S/C16H21ClN2O2/c1-10-13-7-18-6-12(13)9-19(10)8-11-4-14(17)16-15(5-11)20-2-3-21-16/h4-5,10,12-13,18H,2-3,6-9H2,1H3. The molecule has 3 aliphatic heterocycles. The minimum atomic E-state index is 0.575. The highest BCUT2D eigenvalue weighted by Gasteiger charge is 2.41. The largest absolute Gasteiger partial charge is 0.486 e. The lowest BCUT2D eigenvalue weighted by Crippen LogP contribution is -2.32. The Kier molecular flexibility index (Phi) is 3.48. The van der Waals surface area contributed by atoms with Crippen molar-refractivity contribution in [1.82, 2.24) is 10.2 Å². The summed E-state index contributed by atoms with van der Waals surface area (Å²) in [4.78, 5) is 2.57. The van der Waals surface area contributed by atoms with Gasteiger partial charge in [0.15, 0.2) is 11.5 Å². The predicted octanol–water partition coefficient (Wildman–Crippen LogP) is 2.15. The molecule has 0 radical (unpaired) electrons. The number of likely N-dealkylation sites (tertiary alicyclic amines) is 1. The summed E-state index contributed by atoms with van der Waals surface area (Å²) in [7, 11) is 0. The van der Waals surface area contributed by atoms with Crippen LogP contribution < -0.4 is 14.8 Å². The van der Waals surface area contributed by atoms with Gasteiger partial charge in [-0.05, 0) is 49.5 Å². The molecular weight excluding hydrogens is 288 g/mol. The number of hydrogen-bond acceptors (Lipinski definition) is 4. The topological polar surface area (TPSA) is 33.7 Å². The molecule has 114 valence electrons. The van der Waals surface area contributed by atoms with Crippen molar-refractivity contribution in [3.8, 4) is 11.5 Å². The van der Waals surface area contributed by atoms with Crippen molar-refractivity contribution < 1.29 is 9.47 Å². The highest BCUT2D eigenvalue weighted by atomic mass is 35.5. The van der Waals surface area contributed by atoms with Crippen molar-refractivity contribution in [1.29, 1.82) is 0 Å². The molecule has 1 aromatic rings. The van der Waals surface area contributed by atoms with Crippen LogP contribution in [0.5, 0.6) is 11.5 Å². The number of nitrogens with one attached hydrogen (secondary N) is 1. The Labute approximate surface area is 130 Å². The maximum Gasteiger partial charge on any atom is 0.179 e. The quantitative estimate of drug-likeness (QED) is 0.908. The van der Waals surface area contributed by atoms with Gasteiger partial charge in [-0.3, -0.25) is 4.90 Å². The Hall–Kier alpha value is -0.970. The van der Waals surface area contributed by atoms with Crippen LogP contribution in [-0.4, -0.2) is 43.8 Å². The van der Waals surface area contributed by atoms with Gasteiger partial charge in [0.2, 0.25) is 0 Å². The van der Waals surface area contributed by atoms with Crippen LogP contribution in [0.3, 0.4) is 0 Å². The second kappa shape index (κ2) is 5.34. The Morgan fingerprint density at radius 3 is 3.00 bits per heavy atom. The number of fused-ring (bicyclic) bond motifs is 2. The van der Waals surface area contributed by atoms with Crippen molar-refractivity contribution in [2.24, 2.45) is 11.8 Å². The summed E-state index contributed by atoms with van der Waals surface area (Å²) in [6, 6.07) is 4.73. The minimum Gasteiger partial charge on any atom is -0.486 e. The van der Waals surface area contributed by atoms with E-state index in [0.29, 0.717) is 30.0 Å². The molecule has 3 aliphatic rings. The van der Waals surface area contributed by atoms with Gasteiger partial charge >= 0.3 is 0 Å². The van der Waals surface area contributed by atoms with Crippen molar-refractivity contribution in [3.05, 3.63) is 22.7 Å². The summed E-state index contributed by atoms with van der Waals surface area (Å²) in [5.41, 5.74) is 1.21. The second-order valence-corrected chi connectivity index (χ2v) is 6.76. The van der Waals surface area contributed by atoms with Crippen LogP contribution in [0.15, 0.2) is 12.1 Å². The summed E-state index contributed by atoms with van der Waals surface area (Å²) in [6.45, 7) is 7.94. The summed E-state index contributed by atoms with van der Waals surface area (Å²) >= 11 is 6.33. The van der Waals surface area contributed by atoms with Gasteiger partial charge in [0.1, 0.15) is 13.2 Å². The van der Waals surface area contributed by atoms with Gasteiger partial charge in [-0.15, -0.1) is 0 Å². The lowest BCUT2D eigenvalue weighted by atomic mass is 9.95. The van der Waals surface area contributed by atoms with Crippen molar-refractivity contribution in [2.45, 2.75) is 19.5 Å². The zero-order chi connectivity index (χ0) is 14.4. The zero-order valence-corrected chi connectivity index (χ0v) is 13.0. The van der Waals surface area contributed by atoms with E-state index >= 15 is 0 Å². The van der Waals surface area contributed by atoms with Gasteiger partial charge in [-0.25, -0.2) is 0 Å².